The van der Waals surface area contributed by atoms with Crippen molar-refractivity contribution in [3.05, 3.63) is 28.7 Å². The van der Waals surface area contributed by atoms with Crippen LogP contribution in [-0.2, 0) is 11.3 Å². The van der Waals surface area contributed by atoms with E-state index in [0.717, 1.165) is 12.8 Å². The Hall–Kier alpha value is -2.29. The highest BCUT2D eigenvalue weighted by Crippen LogP contribution is 2.15. The molecule has 1 amide bonds. The van der Waals surface area contributed by atoms with Crippen LogP contribution < -0.4 is 10.3 Å². The van der Waals surface area contributed by atoms with Crippen LogP contribution in [0.1, 0.15) is 12.8 Å². The molecule has 0 aromatic carbocycles. The molecule has 0 spiro atoms. The molecule has 6 nitrogen and oxygen atoms in total. The number of likely N-dealkylation sites (tertiary alicyclic amines) is 1. The highest BCUT2D eigenvalue weighted by molar-refractivity contribution is 5.76. The van der Waals surface area contributed by atoms with E-state index in [1.54, 1.807) is 23.2 Å². The number of amides is 1. The van der Waals surface area contributed by atoms with Crippen molar-refractivity contribution in [2.75, 3.05) is 20.2 Å². The van der Waals surface area contributed by atoms with Gasteiger partial charge in [-0.25, -0.2) is 0 Å². The first-order valence-electron chi connectivity index (χ1n) is 6.56. The van der Waals surface area contributed by atoms with Gasteiger partial charge in [-0.3, -0.25) is 9.59 Å². The molecule has 2 rings (SSSR count). The van der Waals surface area contributed by atoms with Crippen molar-refractivity contribution >= 4 is 5.91 Å². The zero-order valence-corrected chi connectivity index (χ0v) is 11.4. The Balaban J connectivity index is 2.08. The van der Waals surface area contributed by atoms with Gasteiger partial charge in [-0.15, -0.1) is 0 Å². The normalized spacial score (nSPS) is 18.4. The number of rotatable bonds is 3. The van der Waals surface area contributed by atoms with E-state index in [4.69, 9.17) is 10.00 Å². The number of piperidine rings is 1. The largest absolute Gasteiger partial charge is 0.491 e. The summed E-state index contributed by atoms with van der Waals surface area (Å²) in [6.45, 7) is 1.08. The molecule has 0 unspecified atom stereocenters. The van der Waals surface area contributed by atoms with Crippen molar-refractivity contribution in [3.63, 3.8) is 0 Å². The molecule has 1 aliphatic rings. The number of aromatic nitrogens is 1. The first-order valence-corrected chi connectivity index (χ1v) is 6.56. The summed E-state index contributed by atoms with van der Waals surface area (Å²) in [5.41, 5.74) is -0.322. The summed E-state index contributed by atoms with van der Waals surface area (Å²) in [6.07, 6.45) is 3.23. The van der Waals surface area contributed by atoms with E-state index >= 15 is 0 Å². The van der Waals surface area contributed by atoms with E-state index < -0.39 is 0 Å². The summed E-state index contributed by atoms with van der Waals surface area (Å²) in [5, 5.41) is 8.93. The van der Waals surface area contributed by atoms with E-state index in [1.165, 1.54) is 11.7 Å². The molecule has 20 heavy (non-hydrogen) atoms. The summed E-state index contributed by atoms with van der Waals surface area (Å²) in [6, 6.07) is 5.43. The monoisotopic (exact) mass is 275 g/mol. The van der Waals surface area contributed by atoms with Gasteiger partial charge in [0.1, 0.15) is 6.54 Å². The molecular weight excluding hydrogens is 258 g/mol. The van der Waals surface area contributed by atoms with E-state index in [2.05, 4.69) is 6.07 Å². The third-order valence-corrected chi connectivity index (χ3v) is 3.47. The summed E-state index contributed by atoms with van der Waals surface area (Å²) in [4.78, 5) is 25.8. The highest BCUT2D eigenvalue weighted by atomic mass is 16.5. The second kappa shape index (κ2) is 6.24. The summed E-state index contributed by atoms with van der Waals surface area (Å²) >= 11 is 0. The summed E-state index contributed by atoms with van der Waals surface area (Å²) in [7, 11) is 1.42. The Kier molecular flexibility index (Phi) is 4.41. The lowest BCUT2D eigenvalue weighted by Gasteiger charge is -2.29. The molecule has 2 heterocycles. The van der Waals surface area contributed by atoms with Crippen molar-refractivity contribution in [1.29, 1.82) is 5.26 Å². The van der Waals surface area contributed by atoms with E-state index in [1.807, 2.05) is 0 Å². The van der Waals surface area contributed by atoms with Crippen LogP contribution in [0, 0.1) is 17.2 Å². The smallest absolute Gasteiger partial charge is 0.293 e. The fraction of sp³-hybridized carbons (Fsp3) is 0.500. The number of methoxy groups -OCH3 is 1. The quantitative estimate of drug-likeness (QED) is 0.810. The van der Waals surface area contributed by atoms with Gasteiger partial charge in [-0.1, -0.05) is 0 Å². The maximum absolute atomic E-state index is 12.2. The minimum atomic E-state index is -0.322. The standard InChI is InChI=1S/C14H17N3O3/c1-20-12-5-3-7-17(14(12)19)10-13(18)16-6-2-4-11(8-15)9-16/h3,5,7,11H,2,4,6,9-10H2,1H3/t11-/m1/s1. The first-order chi connectivity index (χ1) is 9.65. The molecule has 1 atom stereocenters. The molecule has 1 aromatic rings. The molecule has 0 N–H and O–H groups in total. The first kappa shape index (κ1) is 14.1. The lowest BCUT2D eigenvalue weighted by atomic mass is 10.00. The fourth-order valence-corrected chi connectivity index (χ4v) is 2.35. The number of hydrogen-bond acceptors (Lipinski definition) is 4. The second-order valence-electron chi connectivity index (χ2n) is 4.82. The number of hydrogen-bond donors (Lipinski definition) is 0. The predicted octanol–water partition coefficient (Wildman–Crippen LogP) is 0.619. The topological polar surface area (TPSA) is 75.3 Å². The van der Waals surface area contributed by atoms with Crippen molar-refractivity contribution in [1.82, 2.24) is 9.47 Å². The molecule has 0 bridgehead atoms. The third-order valence-electron chi connectivity index (χ3n) is 3.47. The average molecular weight is 275 g/mol. The molecule has 0 saturated carbocycles. The molecule has 0 aliphatic carbocycles. The van der Waals surface area contributed by atoms with Crippen LogP contribution in [0.15, 0.2) is 23.1 Å². The maximum Gasteiger partial charge on any atom is 0.293 e. The fourth-order valence-electron chi connectivity index (χ4n) is 2.35. The molecule has 6 heteroatoms. The van der Waals surface area contributed by atoms with E-state index in [-0.39, 0.29) is 29.7 Å². The maximum atomic E-state index is 12.2. The SMILES string of the molecule is COc1cccn(CC(=O)N2CCC[C@H](C#N)C2)c1=O. The van der Waals surface area contributed by atoms with Gasteiger partial charge in [0.25, 0.3) is 5.56 Å². The zero-order valence-electron chi connectivity index (χ0n) is 11.4. The van der Waals surface area contributed by atoms with Crippen LogP contribution in [0.2, 0.25) is 0 Å². The molecule has 1 fully saturated rings. The van der Waals surface area contributed by atoms with Crippen molar-refractivity contribution in [2.45, 2.75) is 19.4 Å². The van der Waals surface area contributed by atoms with Gasteiger partial charge < -0.3 is 14.2 Å². The molecule has 1 aromatic heterocycles. The molecule has 0 radical (unpaired) electrons. The lowest BCUT2D eigenvalue weighted by molar-refractivity contribution is -0.133. The van der Waals surface area contributed by atoms with Gasteiger partial charge in [0.2, 0.25) is 5.91 Å². The van der Waals surface area contributed by atoms with Gasteiger partial charge in [-0.2, -0.15) is 5.26 Å². The molecule has 106 valence electrons. The van der Waals surface area contributed by atoms with Gasteiger partial charge in [0, 0.05) is 19.3 Å². The Morgan fingerprint density at radius 1 is 1.60 bits per heavy atom. The number of carbonyl (C=O) groups excluding carboxylic acids is 1. The van der Waals surface area contributed by atoms with Gasteiger partial charge in [-0.05, 0) is 25.0 Å². The van der Waals surface area contributed by atoms with E-state index in [9.17, 15) is 9.59 Å². The van der Waals surface area contributed by atoms with E-state index in [0.29, 0.717) is 13.1 Å². The Bertz CT molecular complexity index is 588. The van der Waals surface area contributed by atoms with Crippen molar-refractivity contribution < 1.29 is 9.53 Å². The Labute approximate surface area is 117 Å². The molecular formula is C14H17N3O3. The van der Waals surface area contributed by atoms with Gasteiger partial charge in [0.05, 0.1) is 19.1 Å². The summed E-state index contributed by atoms with van der Waals surface area (Å²) < 4.78 is 6.28. The van der Waals surface area contributed by atoms with Crippen LogP contribution in [0.3, 0.4) is 0 Å². The number of carbonyl (C=O) groups is 1. The van der Waals surface area contributed by atoms with Crippen LogP contribution >= 0.6 is 0 Å². The number of nitriles is 1. The highest BCUT2D eigenvalue weighted by Gasteiger charge is 2.23. The van der Waals surface area contributed by atoms with Crippen molar-refractivity contribution in [3.8, 4) is 11.8 Å². The Morgan fingerprint density at radius 2 is 2.40 bits per heavy atom. The van der Waals surface area contributed by atoms with Crippen LogP contribution in [0.5, 0.6) is 5.75 Å². The minimum Gasteiger partial charge on any atom is -0.491 e. The Morgan fingerprint density at radius 3 is 3.10 bits per heavy atom. The number of pyridine rings is 1. The van der Waals surface area contributed by atoms with Crippen LogP contribution in [-0.4, -0.2) is 35.6 Å². The molecule has 1 aliphatic heterocycles. The second-order valence-corrected chi connectivity index (χ2v) is 4.82. The minimum absolute atomic E-state index is 0.0197. The number of ether oxygens (including phenoxy) is 1. The predicted molar refractivity (Wildman–Crippen MR) is 72.2 cm³/mol. The zero-order chi connectivity index (χ0) is 14.5. The number of nitrogens with zero attached hydrogens (tertiary/aromatic N) is 3. The molecule has 1 saturated heterocycles. The van der Waals surface area contributed by atoms with Crippen molar-refractivity contribution in [2.24, 2.45) is 5.92 Å². The van der Waals surface area contributed by atoms with Gasteiger partial charge >= 0.3 is 0 Å². The summed E-state index contributed by atoms with van der Waals surface area (Å²) in [5.74, 6) is -0.0242. The third kappa shape index (κ3) is 2.99. The van der Waals surface area contributed by atoms with Crippen LogP contribution in [0.4, 0.5) is 0 Å². The average Bonchev–Trinajstić information content (AvgIpc) is 2.49. The van der Waals surface area contributed by atoms with Gasteiger partial charge in [0.15, 0.2) is 5.75 Å². The van der Waals surface area contributed by atoms with Crippen LogP contribution in [0.25, 0.3) is 0 Å². The lowest BCUT2D eigenvalue weighted by Crippen LogP contribution is -2.42.